The molecule has 1 unspecified atom stereocenters. The van der Waals surface area contributed by atoms with Crippen molar-refractivity contribution >= 4 is 11.6 Å². The molecular weight excluding hydrogens is 434 g/mol. The van der Waals surface area contributed by atoms with Gasteiger partial charge in [-0.15, -0.1) is 10.2 Å². The van der Waals surface area contributed by atoms with Crippen LogP contribution in [0.15, 0.2) is 66.2 Å². The third-order valence-electron chi connectivity index (χ3n) is 8.37. The summed E-state index contributed by atoms with van der Waals surface area (Å²) in [4.78, 5) is 17.9. The van der Waals surface area contributed by atoms with Gasteiger partial charge in [0.05, 0.1) is 11.3 Å². The van der Waals surface area contributed by atoms with Gasteiger partial charge < -0.3 is 4.57 Å². The van der Waals surface area contributed by atoms with Crippen molar-refractivity contribution in [2.24, 2.45) is 24.8 Å². The summed E-state index contributed by atoms with van der Waals surface area (Å²) in [5, 5.41) is 8.64. The molecule has 0 bridgehead atoms. The summed E-state index contributed by atoms with van der Waals surface area (Å²) in [5.41, 5.74) is 4.35. The lowest BCUT2D eigenvalue weighted by atomic mass is 9.58. The number of hydrogen-bond donors (Lipinski definition) is 0. The second-order valence-electron chi connectivity index (χ2n) is 11.3. The minimum Gasteiger partial charge on any atom is -0.320 e. The number of carbonyl (C=O) groups is 1. The second-order valence-corrected chi connectivity index (χ2v) is 11.3. The number of hydrogen-bond acceptors (Lipinski definition) is 4. The number of allylic oxidation sites excluding steroid dienone is 1. The molecule has 0 spiro atoms. The molecular formula is C29H35N5O. The lowest BCUT2D eigenvalue weighted by Crippen LogP contribution is -2.43. The Bertz CT molecular complexity index is 1230. The lowest BCUT2D eigenvalue weighted by Gasteiger charge is -2.46. The van der Waals surface area contributed by atoms with Crippen LogP contribution in [0.3, 0.4) is 0 Å². The molecule has 2 aliphatic heterocycles. The van der Waals surface area contributed by atoms with Crippen LogP contribution in [0, 0.1) is 17.8 Å². The maximum Gasteiger partial charge on any atom is 0.242 e. The number of rotatable bonds is 5. The van der Waals surface area contributed by atoms with Gasteiger partial charge in [0.1, 0.15) is 12.2 Å². The Morgan fingerprint density at radius 3 is 2.74 bits per heavy atom. The first-order valence-electron chi connectivity index (χ1n) is 13.0. The number of aromatic nitrogens is 3. The van der Waals surface area contributed by atoms with Crippen molar-refractivity contribution in [3.05, 3.63) is 77.6 Å². The number of aryl methyl sites for hydroxylation is 1. The molecule has 0 radical (unpaired) electrons. The van der Waals surface area contributed by atoms with Gasteiger partial charge in [-0.2, -0.15) is 0 Å². The van der Waals surface area contributed by atoms with Crippen molar-refractivity contribution < 1.29 is 4.79 Å². The van der Waals surface area contributed by atoms with Crippen LogP contribution >= 0.6 is 0 Å². The van der Waals surface area contributed by atoms with Crippen molar-refractivity contribution in [2.45, 2.75) is 44.9 Å². The number of carbonyl (C=O) groups excluding carboxylic acids is 1. The molecule has 6 nitrogen and oxygen atoms in total. The number of piperidine rings is 1. The first-order chi connectivity index (χ1) is 16.9. The van der Waals surface area contributed by atoms with Crippen LogP contribution in [0.1, 0.15) is 50.9 Å². The fourth-order valence-corrected chi connectivity index (χ4v) is 6.72. The van der Waals surface area contributed by atoms with E-state index in [0.29, 0.717) is 5.92 Å². The quantitative estimate of drug-likeness (QED) is 0.642. The number of anilines is 1. The highest BCUT2D eigenvalue weighted by atomic mass is 16.2. The fraction of sp³-hybridized carbons (Fsp3) is 0.483. The van der Waals surface area contributed by atoms with E-state index < -0.39 is 0 Å². The Morgan fingerprint density at radius 1 is 1.14 bits per heavy atom. The highest BCUT2D eigenvalue weighted by Gasteiger charge is 2.48. The lowest BCUT2D eigenvalue weighted by molar-refractivity contribution is -0.118. The first-order valence-corrected chi connectivity index (χ1v) is 13.0. The highest BCUT2D eigenvalue weighted by molar-refractivity contribution is 6.03. The Morgan fingerprint density at radius 2 is 2.00 bits per heavy atom. The average Bonchev–Trinajstić information content (AvgIpc) is 3.40. The fourth-order valence-electron chi connectivity index (χ4n) is 6.72. The van der Waals surface area contributed by atoms with Gasteiger partial charge in [-0.25, -0.2) is 0 Å². The molecule has 6 rings (SSSR count). The topological polar surface area (TPSA) is 54.3 Å². The Labute approximate surface area is 208 Å². The normalized spacial score (nSPS) is 30.7. The molecule has 1 saturated heterocycles. The van der Waals surface area contributed by atoms with Crippen LogP contribution in [-0.2, 0) is 17.3 Å². The molecule has 0 N–H and O–H groups in total. The standard InChI is InChI=1S/C29H35N5O/c1-20-6-5-11-33(16-20)17-22-9-10-23-18-34(27(35)26(23)12-22)25-8-4-7-24(13-25)29(14-21(2)15-29)28-31-30-19-32(28)3/h4,7-10,12-13,18-21,26H,5-6,11,14-17H2,1-3H3/t20-,21?,26?,29?/m0/s1. The number of amides is 1. The molecule has 2 aliphatic carbocycles. The molecule has 1 aromatic carbocycles. The summed E-state index contributed by atoms with van der Waals surface area (Å²) in [6.07, 6.45) is 15.0. The smallest absolute Gasteiger partial charge is 0.242 e. The molecule has 1 aromatic heterocycles. The molecule has 2 atom stereocenters. The van der Waals surface area contributed by atoms with Gasteiger partial charge >= 0.3 is 0 Å². The average molecular weight is 470 g/mol. The number of nitrogens with zero attached hydrogens (tertiary/aromatic N) is 5. The maximum atomic E-state index is 13.6. The van der Waals surface area contributed by atoms with E-state index in [0.717, 1.165) is 55.5 Å². The van der Waals surface area contributed by atoms with Crippen LogP contribution in [0.25, 0.3) is 0 Å². The van der Waals surface area contributed by atoms with Gasteiger partial charge in [0.25, 0.3) is 0 Å². The van der Waals surface area contributed by atoms with E-state index in [1.807, 2.05) is 28.8 Å². The minimum atomic E-state index is -0.183. The van der Waals surface area contributed by atoms with Gasteiger partial charge in [0.2, 0.25) is 5.91 Å². The van der Waals surface area contributed by atoms with E-state index >= 15 is 0 Å². The second kappa shape index (κ2) is 8.59. The molecule has 2 fully saturated rings. The van der Waals surface area contributed by atoms with E-state index in [-0.39, 0.29) is 17.2 Å². The Hall–Kier alpha value is -2.99. The third kappa shape index (κ3) is 3.88. The van der Waals surface area contributed by atoms with Gasteiger partial charge in [-0.3, -0.25) is 14.6 Å². The zero-order valence-corrected chi connectivity index (χ0v) is 21.0. The zero-order chi connectivity index (χ0) is 24.2. The molecule has 182 valence electrons. The monoisotopic (exact) mass is 469 g/mol. The third-order valence-corrected chi connectivity index (χ3v) is 8.37. The molecule has 35 heavy (non-hydrogen) atoms. The van der Waals surface area contributed by atoms with Crippen LogP contribution in [0.5, 0.6) is 0 Å². The largest absolute Gasteiger partial charge is 0.320 e. The summed E-state index contributed by atoms with van der Waals surface area (Å²) in [5.74, 6) is 2.37. The van der Waals surface area contributed by atoms with Crippen molar-refractivity contribution in [1.82, 2.24) is 19.7 Å². The molecule has 4 aliphatic rings. The van der Waals surface area contributed by atoms with Crippen LogP contribution in [0.4, 0.5) is 5.69 Å². The molecule has 3 heterocycles. The molecule has 6 heteroatoms. The van der Waals surface area contributed by atoms with E-state index in [4.69, 9.17) is 0 Å². The van der Waals surface area contributed by atoms with E-state index in [1.165, 1.54) is 24.0 Å². The SMILES string of the molecule is CC1CC(c2cccc(N3C=C4C=CC(CN5CCC[C@H](C)C5)=CC4C3=O)c2)(c2nncn2C)C1. The van der Waals surface area contributed by atoms with Gasteiger partial charge in [0, 0.05) is 32.0 Å². The van der Waals surface area contributed by atoms with Crippen molar-refractivity contribution in [2.75, 3.05) is 24.5 Å². The predicted molar refractivity (Wildman–Crippen MR) is 138 cm³/mol. The van der Waals surface area contributed by atoms with Crippen molar-refractivity contribution in [1.29, 1.82) is 0 Å². The highest BCUT2D eigenvalue weighted by Crippen LogP contribution is 2.52. The maximum absolute atomic E-state index is 13.6. The zero-order valence-electron chi connectivity index (χ0n) is 21.0. The van der Waals surface area contributed by atoms with Gasteiger partial charge in [0.15, 0.2) is 0 Å². The Kier molecular flexibility index (Phi) is 5.52. The number of fused-ring (bicyclic) bond motifs is 1. The van der Waals surface area contributed by atoms with E-state index in [2.05, 4.69) is 65.4 Å². The summed E-state index contributed by atoms with van der Waals surface area (Å²) in [7, 11) is 2.02. The van der Waals surface area contributed by atoms with E-state index in [9.17, 15) is 4.79 Å². The van der Waals surface area contributed by atoms with Gasteiger partial charge in [-0.05, 0) is 72.9 Å². The van der Waals surface area contributed by atoms with Crippen LogP contribution in [-0.4, -0.2) is 45.2 Å². The van der Waals surface area contributed by atoms with Crippen molar-refractivity contribution in [3.8, 4) is 0 Å². The summed E-state index contributed by atoms with van der Waals surface area (Å²) in [6, 6.07) is 8.50. The molecule has 1 saturated carbocycles. The molecule has 1 amide bonds. The first kappa shape index (κ1) is 22.5. The number of likely N-dealkylation sites (tertiary alicyclic amines) is 1. The van der Waals surface area contributed by atoms with Crippen LogP contribution in [0.2, 0.25) is 0 Å². The molecule has 2 aromatic rings. The van der Waals surface area contributed by atoms with E-state index in [1.54, 1.807) is 6.33 Å². The Balaban J connectivity index is 1.25. The summed E-state index contributed by atoms with van der Waals surface area (Å²) in [6.45, 7) is 7.87. The van der Waals surface area contributed by atoms with Crippen LogP contribution < -0.4 is 4.90 Å². The van der Waals surface area contributed by atoms with Gasteiger partial charge in [-0.1, -0.05) is 44.2 Å². The van der Waals surface area contributed by atoms with Crippen molar-refractivity contribution in [3.63, 3.8) is 0 Å². The summed E-state index contributed by atoms with van der Waals surface area (Å²) < 4.78 is 2.04. The predicted octanol–water partition coefficient (Wildman–Crippen LogP) is 4.61. The minimum absolute atomic E-state index is 0.137. The summed E-state index contributed by atoms with van der Waals surface area (Å²) >= 11 is 0. The number of benzene rings is 1.